The van der Waals surface area contributed by atoms with Crippen LogP contribution in [0.5, 0.6) is 0 Å². The first kappa shape index (κ1) is 18.7. The van der Waals surface area contributed by atoms with Gasteiger partial charge in [0.25, 0.3) is 5.91 Å². The number of nitrogens with one attached hydrogen (secondary N) is 1. The summed E-state index contributed by atoms with van der Waals surface area (Å²) in [6, 6.07) is 15.3. The monoisotopic (exact) mass is 376 g/mol. The molecule has 1 saturated carbocycles. The molecule has 1 saturated heterocycles. The molecule has 2 aromatic carbocycles. The smallest absolute Gasteiger partial charge is 0.251 e. The molecule has 1 atom stereocenters. The molecule has 2 aromatic rings. The second kappa shape index (κ2) is 7.42. The number of amides is 2. The molecule has 1 N–H and O–H groups in total. The third kappa shape index (κ3) is 3.82. The van der Waals surface area contributed by atoms with E-state index in [4.69, 9.17) is 0 Å². The molecule has 1 aliphatic heterocycles. The van der Waals surface area contributed by atoms with Crippen LogP contribution in [0.3, 0.4) is 0 Å². The van der Waals surface area contributed by atoms with E-state index in [-0.39, 0.29) is 11.8 Å². The molecule has 1 unspecified atom stereocenters. The minimum Gasteiger partial charge on any atom is -0.341 e. The molecule has 2 fully saturated rings. The number of aryl methyl sites for hydroxylation is 1. The first-order valence-corrected chi connectivity index (χ1v) is 10.2. The van der Waals surface area contributed by atoms with Crippen LogP contribution >= 0.6 is 0 Å². The van der Waals surface area contributed by atoms with Gasteiger partial charge in [-0.1, -0.05) is 36.4 Å². The maximum Gasteiger partial charge on any atom is 0.251 e. The van der Waals surface area contributed by atoms with Crippen molar-refractivity contribution in [3.63, 3.8) is 0 Å². The van der Waals surface area contributed by atoms with E-state index in [0.29, 0.717) is 11.0 Å². The van der Waals surface area contributed by atoms with E-state index in [2.05, 4.69) is 17.4 Å². The number of hydrogen-bond acceptors (Lipinski definition) is 2. The van der Waals surface area contributed by atoms with Gasteiger partial charge in [-0.15, -0.1) is 0 Å². The van der Waals surface area contributed by atoms with Gasteiger partial charge in [0, 0.05) is 18.7 Å². The van der Waals surface area contributed by atoms with Crippen molar-refractivity contribution in [2.75, 3.05) is 13.1 Å². The van der Waals surface area contributed by atoms with E-state index < -0.39 is 6.04 Å². The molecule has 2 aliphatic rings. The number of hydrogen-bond donors (Lipinski definition) is 1. The summed E-state index contributed by atoms with van der Waals surface area (Å²) in [5, 5.41) is 2.89. The highest BCUT2D eigenvalue weighted by molar-refractivity contribution is 5.98. The quantitative estimate of drug-likeness (QED) is 0.870. The molecule has 4 rings (SSSR count). The van der Waals surface area contributed by atoms with Crippen molar-refractivity contribution >= 4 is 11.8 Å². The van der Waals surface area contributed by atoms with Gasteiger partial charge < -0.3 is 10.2 Å². The highest BCUT2D eigenvalue weighted by Crippen LogP contribution is 2.53. The third-order valence-corrected chi connectivity index (χ3v) is 6.38. The van der Waals surface area contributed by atoms with E-state index in [1.54, 1.807) is 6.92 Å². The molecule has 1 aliphatic carbocycles. The van der Waals surface area contributed by atoms with Crippen LogP contribution in [0.4, 0.5) is 0 Å². The van der Waals surface area contributed by atoms with Crippen LogP contribution in [-0.2, 0) is 4.79 Å². The number of carbonyl (C=O) groups is 2. The summed E-state index contributed by atoms with van der Waals surface area (Å²) in [6.07, 6.45) is 4.86. The van der Waals surface area contributed by atoms with Gasteiger partial charge in [0.1, 0.15) is 6.04 Å². The largest absolute Gasteiger partial charge is 0.341 e. The number of likely N-dealkylation sites (tertiary alicyclic amines) is 1. The number of piperidine rings is 1. The molecule has 0 radical (unpaired) electrons. The Morgan fingerprint density at radius 1 is 1.00 bits per heavy atom. The Bertz CT molecular complexity index is 877. The molecule has 146 valence electrons. The Morgan fingerprint density at radius 2 is 1.68 bits per heavy atom. The predicted molar refractivity (Wildman–Crippen MR) is 111 cm³/mol. The first-order valence-electron chi connectivity index (χ1n) is 10.2. The SMILES string of the molecule is Cc1cc(C(=O)NC(C)C(=O)N2CCC3(CC2)CC3)ccc1-c1ccccc1. The predicted octanol–water partition coefficient (Wildman–Crippen LogP) is 4.18. The van der Waals surface area contributed by atoms with Crippen molar-refractivity contribution < 1.29 is 9.59 Å². The van der Waals surface area contributed by atoms with E-state index in [1.165, 1.54) is 12.8 Å². The molecule has 1 heterocycles. The van der Waals surface area contributed by atoms with Crippen LogP contribution in [0.15, 0.2) is 48.5 Å². The Kier molecular flexibility index (Phi) is 4.96. The van der Waals surface area contributed by atoms with E-state index >= 15 is 0 Å². The van der Waals surface area contributed by atoms with Crippen molar-refractivity contribution in [2.45, 2.75) is 45.6 Å². The van der Waals surface area contributed by atoms with Gasteiger partial charge in [-0.05, 0) is 73.8 Å². The van der Waals surface area contributed by atoms with Crippen LogP contribution in [0.1, 0.15) is 48.5 Å². The Balaban J connectivity index is 1.39. The van der Waals surface area contributed by atoms with Gasteiger partial charge in [-0.3, -0.25) is 9.59 Å². The van der Waals surface area contributed by atoms with Crippen molar-refractivity contribution in [1.29, 1.82) is 0 Å². The van der Waals surface area contributed by atoms with Crippen LogP contribution in [-0.4, -0.2) is 35.8 Å². The second-order valence-electron chi connectivity index (χ2n) is 8.42. The molecular formula is C24H28N2O2. The van der Waals surface area contributed by atoms with Gasteiger partial charge >= 0.3 is 0 Å². The molecule has 0 bridgehead atoms. The summed E-state index contributed by atoms with van der Waals surface area (Å²) in [5.41, 5.74) is 4.43. The minimum absolute atomic E-state index is 0.0291. The zero-order chi connectivity index (χ0) is 19.7. The lowest BCUT2D eigenvalue weighted by Gasteiger charge is -2.33. The van der Waals surface area contributed by atoms with Crippen molar-refractivity contribution in [2.24, 2.45) is 5.41 Å². The van der Waals surface area contributed by atoms with Crippen molar-refractivity contribution in [3.8, 4) is 11.1 Å². The summed E-state index contributed by atoms with van der Waals surface area (Å²) < 4.78 is 0. The maximum atomic E-state index is 12.7. The average Bonchev–Trinajstić information content (AvgIpc) is 3.47. The molecule has 1 spiro atoms. The molecule has 4 nitrogen and oxygen atoms in total. The van der Waals surface area contributed by atoms with Crippen molar-refractivity contribution in [3.05, 3.63) is 59.7 Å². The second-order valence-corrected chi connectivity index (χ2v) is 8.42. The molecule has 0 aromatic heterocycles. The van der Waals surface area contributed by atoms with Crippen LogP contribution < -0.4 is 5.32 Å². The van der Waals surface area contributed by atoms with Gasteiger partial charge in [0.2, 0.25) is 5.91 Å². The zero-order valence-electron chi connectivity index (χ0n) is 16.7. The fourth-order valence-corrected chi connectivity index (χ4v) is 4.24. The third-order valence-electron chi connectivity index (χ3n) is 6.38. The number of carbonyl (C=O) groups excluding carboxylic acids is 2. The number of rotatable bonds is 4. The highest BCUT2D eigenvalue weighted by Gasteiger charge is 2.45. The topological polar surface area (TPSA) is 49.4 Å². The highest BCUT2D eigenvalue weighted by atomic mass is 16.2. The van der Waals surface area contributed by atoms with Gasteiger partial charge in [-0.25, -0.2) is 0 Å². The van der Waals surface area contributed by atoms with E-state index in [1.807, 2.05) is 48.2 Å². The van der Waals surface area contributed by atoms with Crippen LogP contribution in [0.25, 0.3) is 11.1 Å². The molecule has 28 heavy (non-hydrogen) atoms. The summed E-state index contributed by atoms with van der Waals surface area (Å²) in [5.74, 6) is -0.166. The summed E-state index contributed by atoms with van der Waals surface area (Å²) in [6.45, 7) is 5.44. The first-order chi connectivity index (χ1) is 13.5. The zero-order valence-corrected chi connectivity index (χ0v) is 16.7. The van der Waals surface area contributed by atoms with Crippen LogP contribution in [0, 0.1) is 12.3 Å². The lowest BCUT2D eigenvalue weighted by molar-refractivity contribution is -0.134. The maximum absolute atomic E-state index is 12.7. The summed E-state index contributed by atoms with van der Waals surface area (Å²) in [7, 11) is 0. The van der Waals surface area contributed by atoms with Crippen molar-refractivity contribution in [1.82, 2.24) is 10.2 Å². The van der Waals surface area contributed by atoms with Gasteiger partial charge in [0.15, 0.2) is 0 Å². The lowest BCUT2D eigenvalue weighted by atomic mass is 9.93. The Labute approximate surface area is 166 Å². The molecular weight excluding hydrogens is 348 g/mol. The van der Waals surface area contributed by atoms with E-state index in [9.17, 15) is 9.59 Å². The van der Waals surface area contributed by atoms with Crippen LogP contribution in [0.2, 0.25) is 0 Å². The Morgan fingerprint density at radius 3 is 2.29 bits per heavy atom. The lowest BCUT2D eigenvalue weighted by Crippen LogP contribution is -2.49. The van der Waals surface area contributed by atoms with Gasteiger partial charge in [0.05, 0.1) is 0 Å². The molecule has 2 amide bonds. The van der Waals surface area contributed by atoms with E-state index in [0.717, 1.165) is 42.6 Å². The fraction of sp³-hybridized carbons (Fsp3) is 0.417. The average molecular weight is 377 g/mol. The Hall–Kier alpha value is -2.62. The molecule has 4 heteroatoms. The fourth-order valence-electron chi connectivity index (χ4n) is 4.24. The number of benzene rings is 2. The standard InChI is InChI=1S/C24H28N2O2/c1-17-16-20(8-9-21(17)19-6-4-3-5-7-19)22(27)25-18(2)23(28)26-14-12-24(10-11-24)13-15-26/h3-9,16,18H,10-15H2,1-2H3,(H,25,27). The summed E-state index contributed by atoms with van der Waals surface area (Å²) >= 11 is 0. The van der Waals surface area contributed by atoms with Gasteiger partial charge in [-0.2, -0.15) is 0 Å². The normalized spacial score (nSPS) is 18.6. The summed E-state index contributed by atoms with van der Waals surface area (Å²) in [4.78, 5) is 27.3. The number of nitrogens with zero attached hydrogens (tertiary/aromatic N) is 1. The minimum atomic E-state index is -0.505.